The second-order valence-electron chi connectivity index (χ2n) is 5.20. The molecule has 0 saturated carbocycles. The summed E-state index contributed by atoms with van der Waals surface area (Å²) >= 11 is 1.36. The number of nitrogens with two attached hydrogens (primary N) is 1. The summed E-state index contributed by atoms with van der Waals surface area (Å²) in [6.07, 6.45) is 3.79. The molecule has 6 heteroatoms. The molecule has 0 spiro atoms. The van der Waals surface area contributed by atoms with Crippen LogP contribution >= 0.6 is 11.3 Å². The van der Waals surface area contributed by atoms with Crippen molar-refractivity contribution in [2.24, 2.45) is 11.7 Å². The standard InChI is InChI=1S/C13H22N2O2S2/c1-11-3-2-9-15(10-7-11)19(16,17)13-5-4-12(18-13)6-8-14/h4-5,11H,2-3,6-10,14H2,1H3. The van der Waals surface area contributed by atoms with Crippen molar-refractivity contribution in [2.75, 3.05) is 19.6 Å². The zero-order valence-electron chi connectivity index (χ0n) is 11.3. The molecular formula is C13H22N2O2S2. The molecule has 0 bridgehead atoms. The zero-order chi connectivity index (χ0) is 13.9. The van der Waals surface area contributed by atoms with Gasteiger partial charge in [0.15, 0.2) is 0 Å². The van der Waals surface area contributed by atoms with Gasteiger partial charge in [-0.15, -0.1) is 11.3 Å². The summed E-state index contributed by atoms with van der Waals surface area (Å²) in [5.74, 6) is 0.622. The molecule has 2 rings (SSSR count). The molecule has 19 heavy (non-hydrogen) atoms. The molecular weight excluding hydrogens is 280 g/mol. The lowest BCUT2D eigenvalue weighted by Gasteiger charge is -2.18. The fourth-order valence-corrected chi connectivity index (χ4v) is 5.40. The third-order valence-corrected chi connectivity index (χ3v) is 7.11. The molecule has 1 aliphatic heterocycles. The van der Waals surface area contributed by atoms with Crippen molar-refractivity contribution < 1.29 is 8.42 Å². The molecule has 1 saturated heterocycles. The lowest BCUT2D eigenvalue weighted by atomic mass is 10.0. The Balaban J connectivity index is 2.15. The van der Waals surface area contributed by atoms with Crippen LogP contribution in [0, 0.1) is 5.92 Å². The van der Waals surface area contributed by atoms with Gasteiger partial charge >= 0.3 is 0 Å². The smallest absolute Gasteiger partial charge is 0.252 e. The largest absolute Gasteiger partial charge is 0.330 e. The Morgan fingerprint density at radius 2 is 2.16 bits per heavy atom. The summed E-state index contributed by atoms with van der Waals surface area (Å²) in [4.78, 5) is 1.05. The topological polar surface area (TPSA) is 63.4 Å². The molecule has 1 aliphatic rings. The van der Waals surface area contributed by atoms with Gasteiger partial charge in [0.1, 0.15) is 4.21 Å². The molecule has 1 aromatic heterocycles. The van der Waals surface area contributed by atoms with Crippen LogP contribution in [-0.2, 0) is 16.4 Å². The molecule has 1 fully saturated rings. The first-order chi connectivity index (χ1) is 9.04. The third kappa shape index (κ3) is 3.56. The Bertz CT molecular complexity index is 510. The van der Waals surface area contributed by atoms with E-state index in [-0.39, 0.29) is 0 Å². The Hall–Kier alpha value is -0.430. The van der Waals surface area contributed by atoms with E-state index >= 15 is 0 Å². The minimum atomic E-state index is -3.30. The second kappa shape index (κ2) is 6.35. The van der Waals surface area contributed by atoms with Crippen LogP contribution < -0.4 is 5.73 Å². The van der Waals surface area contributed by atoms with Gasteiger partial charge in [-0.3, -0.25) is 0 Å². The molecule has 0 aliphatic carbocycles. The van der Waals surface area contributed by atoms with E-state index in [9.17, 15) is 8.42 Å². The highest BCUT2D eigenvalue weighted by molar-refractivity contribution is 7.91. The van der Waals surface area contributed by atoms with E-state index in [4.69, 9.17) is 5.73 Å². The summed E-state index contributed by atoms with van der Waals surface area (Å²) in [5, 5.41) is 0. The van der Waals surface area contributed by atoms with E-state index in [2.05, 4.69) is 6.92 Å². The molecule has 0 aromatic carbocycles. The molecule has 1 aromatic rings. The molecule has 0 radical (unpaired) electrons. The molecule has 108 valence electrons. The monoisotopic (exact) mass is 302 g/mol. The fourth-order valence-electron chi connectivity index (χ4n) is 2.38. The average Bonchev–Trinajstić information content (AvgIpc) is 2.72. The van der Waals surface area contributed by atoms with Crippen LogP contribution in [0.5, 0.6) is 0 Å². The van der Waals surface area contributed by atoms with Crippen molar-refractivity contribution in [1.82, 2.24) is 4.31 Å². The van der Waals surface area contributed by atoms with Crippen molar-refractivity contribution >= 4 is 21.4 Å². The minimum Gasteiger partial charge on any atom is -0.330 e. The van der Waals surface area contributed by atoms with Crippen LogP contribution in [-0.4, -0.2) is 32.4 Å². The zero-order valence-corrected chi connectivity index (χ0v) is 13.0. The van der Waals surface area contributed by atoms with Crippen LogP contribution in [0.4, 0.5) is 0 Å². The first-order valence-electron chi connectivity index (χ1n) is 6.83. The summed E-state index contributed by atoms with van der Waals surface area (Å²) in [7, 11) is -3.30. The molecule has 4 nitrogen and oxygen atoms in total. The molecule has 2 N–H and O–H groups in total. The maximum absolute atomic E-state index is 12.6. The van der Waals surface area contributed by atoms with Crippen LogP contribution in [0.3, 0.4) is 0 Å². The first-order valence-corrected chi connectivity index (χ1v) is 9.08. The molecule has 2 heterocycles. The average molecular weight is 302 g/mol. The highest BCUT2D eigenvalue weighted by atomic mass is 32.2. The number of sulfonamides is 1. The van der Waals surface area contributed by atoms with Crippen molar-refractivity contribution in [3.63, 3.8) is 0 Å². The highest BCUT2D eigenvalue weighted by Crippen LogP contribution is 2.27. The maximum Gasteiger partial charge on any atom is 0.252 e. The van der Waals surface area contributed by atoms with Gasteiger partial charge in [-0.25, -0.2) is 8.42 Å². The normalized spacial score (nSPS) is 22.3. The van der Waals surface area contributed by atoms with Gasteiger partial charge < -0.3 is 5.73 Å². The number of hydrogen-bond donors (Lipinski definition) is 1. The Labute approximate surface area is 119 Å². The van der Waals surface area contributed by atoms with Gasteiger partial charge in [0.25, 0.3) is 10.0 Å². The Morgan fingerprint density at radius 1 is 1.37 bits per heavy atom. The first kappa shape index (κ1) is 15.0. The fraction of sp³-hybridized carbons (Fsp3) is 0.692. The Morgan fingerprint density at radius 3 is 2.89 bits per heavy atom. The van der Waals surface area contributed by atoms with Crippen molar-refractivity contribution in [2.45, 2.75) is 36.8 Å². The van der Waals surface area contributed by atoms with Gasteiger partial charge in [-0.2, -0.15) is 4.31 Å². The summed E-state index contributed by atoms with van der Waals surface area (Å²) < 4.78 is 27.2. The second-order valence-corrected chi connectivity index (χ2v) is 8.53. The highest BCUT2D eigenvalue weighted by Gasteiger charge is 2.27. The molecule has 0 amide bonds. The summed E-state index contributed by atoms with van der Waals surface area (Å²) in [6.45, 7) is 4.05. The Kier molecular flexibility index (Phi) is 5.00. The van der Waals surface area contributed by atoms with E-state index < -0.39 is 10.0 Å². The van der Waals surface area contributed by atoms with Crippen LogP contribution in [0.2, 0.25) is 0 Å². The maximum atomic E-state index is 12.6. The predicted molar refractivity (Wildman–Crippen MR) is 78.9 cm³/mol. The van der Waals surface area contributed by atoms with Crippen LogP contribution in [0.15, 0.2) is 16.3 Å². The SMILES string of the molecule is CC1CCCN(S(=O)(=O)c2ccc(CCN)s2)CC1. The van der Waals surface area contributed by atoms with Gasteiger partial charge in [-0.1, -0.05) is 6.92 Å². The van der Waals surface area contributed by atoms with Crippen molar-refractivity contribution in [3.8, 4) is 0 Å². The number of thiophene rings is 1. The van der Waals surface area contributed by atoms with Crippen LogP contribution in [0.25, 0.3) is 0 Å². The van der Waals surface area contributed by atoms with Crippen LogP contribution in [0.1, 0.15) is 31.1 Å². The number of hydrogen-bond acceptors (Lipinski definition) is 4. The van der Waals surface area contributed by atoms with Crippen molar-refractivity contribution in [1.29, 1.82) is 0 Å². The van der Waals surface area contributed by atoms with E-state index in [1.807, 2.05) is 6.07 Å². The van der Waals surface area contributed by atoms with Gasteiger partial charge in [0.05, 0.1) is 0 Å². The van der Waals surface area contributed by atoms with Gasteiger partial charge in [0.2, 0.25) is 0 Å². The summed E-state index contributed by atoms with van der Waals surface area (Å²) in [5.41, 5.74) is 5.50. The molecule has 1 unspecified atom stereocenters. The lowest BCUT2D eigenvalue weighted by molar-refractivity contribution is 0.418. The number of nitrogens with zero attached hydrogens (tertiary/aromatic N) is 1. The third-order valence-electron chi connectivity index (χ3n) is 3.60. The van der Waals surface area contributed by atoms with Gasteiger partial charge in [-0.05, 0) is 50.3 Å². The quantitative estimate of drug-likeness (QED) is 0.926. The summed E-state index contributed by atoms with van der Waals surface area (Å²) in [6, 6.07) is 3.60. The molecule has 1 atom stereocenters. The van der Waals surface area contributed by atoms with Gasteiger partial charge in [0, 0.05) is 18.0 Å². The minimum absolute atomic E-state index is 0.463. The number of rotatable bonds is 4. The van der Waals surface area contributed by atoms with E-state index in [1.54, 1.807) is 10.4 Å². The predicted octanol–water partition coefficient (Wildman–Crippen LogP) is 2.06. The van der Waals surface area contributed by atoms with E-state index in [1.165, 1.54) is 11.3 Å². The van der Waals surface area contributed by atoms with E-state index in [0.29, 0.717) is 29.8 Å². The van der Waals surface area contributed by atoms with E-state index in [0.717, 1.165) is 30.6 Å². The lowest BCUT2D eigenvalue weighted by Crippen LogP contribution is -2.31. The van der Waals surface area contributed by atoms with Crippen molar-refractivity contribution in [3.05, 3.63) is 17.0 Å².